The van der Waals surface area contributed by atoms with Crippen molar-refractivity contribution in [3.05, 3.63) is 35.9 Å². The van der Waals surface area contributed by atoms with Crippen LogP contribution in [0.3, 0.4) is 0 Å². The molecule has 0 aromatic heterocycles. The van der Waals surface area contributed by atoms with E-state index >= 15 is 0 Å². The van der Waals surface area contributed by atoms with Gasteiger partial charge in [-0.2, -0.15) is 4.99 Å². The number of nitrogens with zero attached hydrogens (tertiary/aromatic N) is 5. The predicted molar refractivity (Wildman–Crippen MR) is 89.2 cm³/mol. The van der Waals surface area contributed by atoms with Crippen molar-refractivity contribution in [3.63, 3.8) is 0 Å². The van der Waals surface area contributed by atoms with Crippen LogP contribution in [0.15, 0.2) is 45.3 Å². The molecule has 1 atom stereocenters. The van der Waals surface area contributed by atoms with Crippen LogP contribution in [0.5, 0.6) is 0 Å². The number of guanidine groups is 1. The third kappa shape index (κ3) is 2.55. The van der Waals surface area contributed by atoms with Crippen LogP contribution in [-0.4, -0.2) is 72.0 Å². The van der Waals surface area contributed by atoms with E-state index in [4.69, 9.17) is 0 Å². The summed E-state index contributed by atoms with van der Waals surface area (Å²) in [5.74, 6) is 0.775. The molecule has 0 saturated carbocycles. The molecule has 0 bridgehead atoms. The molecule has 3 heterocycles. The number of fused-ring (bicyclic) bond motifs is 1. The molecule has 0 aliphatic carbocycles. The fourth-order valence-electron chi connectivity index (χ4n) is 2.91. The molecule has 8 heteroatoms. The number of amidine groups is 1. The molecule has 24 heavy (non-hydrogen) atoms. The summed E-state index contributed by atoms with van der Waals surface area (Å²) < 4.78 is 0. The van der Waals surface area contributed by atoms with E-state index in [0.29, 0.717) is 43.5 Å². The first-order chi connectivity index (χ1) is 11.7. The van der Waals surface area contributed by atoms with Gasteiger partial charge >= 0.3 is 0 Å². The Morgan fingerprint density at radius 3 is 2.58 bits per heavy atom. The minimum Gasteiger partial charge on any atom is -0.337 e. The molecule has 0 radical (unpaired) electrons. The second kappa shape index (κ2) is 5.88. The predicted octanol–water partition coefficient (Wildman–Crippen LogP) is -0.261. The zero-order valence-electron chi connectivity index (χ0n) is 12.9. The Balaban J connectivity index is 1.41. The van der Waals surface area contributed by atoms with E-state index in [1.165, 1.54) is 6.34 Å². The van der Waals surface area contributed by atoms with Crippen molar-refractivity contribution in [1.29, 1.82) is 0 Å². The fourth-order valence-corrected chi connectivity index (χ4v) is 2.91. The Hall–Kier alpha value is -3.03. The summed E-state index contributed by atoms with van der Waals surface area (Å²) in [7, 11) is 0. The normalized spacial score (nSPS) is 22.7. The fraction of sp³-hybridized carbons (Fsp3) is 0.312. The lowest BCUT2D eigenvalue weighted by Crippen LogP contribution is -2.50. The maximum atomic E-state index is 12.5. The Morgan fingerprint density at radius 2 is 1.88 bits per heavy atom. The molecule has 0 spiro atoms. The Morgan fingerprint density at radius 1 is 1.12 bits per heavy atom. The molecule has 122 valence electrons. The van der Waals surface area contributed by atoms with Gasteiger partial charge in [0.15, 0.2) is 11.9 Å². The number of nitrogens with one attached hydrogen (secondary N) is 1. The van der Waals surface area contributed by atoms with Crippen molar-refractivity contribution < 1.29 is 9.59 Å². The third-order valence-electron chi connectivity index (χ3n) is 4.23. The number of hydrogen-bond acceptors (Lipinski definition) is 6. The highest BCUT2D eigenvalue weighted by Gasteiger charge is 2.34. The lowest BCUT2D eigenvalue weighted by molar-refractivity contribution is -0.119. The molecular weight excluding hydrogens is 308 g/mol. The summed E-state index contributed by atoms with van der Waals surface area (Å²) in [5.41, 5.74) is 0.696. The van der Waals surface area contributed by atoms with Crippen molar-refractivity contribution in [2.45, 2.75) is 6.04 Å². The van der Waals surface area contributed by atoms with E-state index in [9.17, 15) is 9.59 Å². The van der Waals surface area contributed by atoms with Crippen molar-refractivity contribution in [2.24, 2.45) is 15.0 Å². The quantitative estimate of drug-likeness (QED) is 0.772. The van der Waals surface area contributed by atoms with Gasteiger partial charge in [-0.25, -0.2) is 9.98 Å². The lowest BCUT2D eigenvalue weighted by atomic mass is 10.2. The summed E-state index contributed by atoms with van der Waals surface area (Å²) in [6.07, 6.45) is 1.34. The van der Waals surface area contributed by atoms with Gasteiger partial charge < -0.3 is 15.1 Å². The SMILES string of the molecule is O=C1NC=NC2=NC(N3CCN(C(=O)c4ccccc4)CC3)=NC12. The number of carbonyl (C=O) groups excluding carboxylic acids is 2. The van der Waals surface area contributed by atoms with E-state index in [2.05, 4.69) is 20.3 Å². The number of piperazine rings is 1. The molecule has 3 aliphatic rings. The molecule has 1 fully saturated rings. The van der Waals surface area contributed by atoms with Gasteiger partial charge in [0.25, 0.3) is 11.8 Å². The van der Waals surface area contributed by atoms with E-state index in [1.54, 1.807) is 0 Å². The summed E-state index contributed by atoms with van der Waals surface area (Å²) in [4.78, 5) is 40.8. The molecule has 3 aliphatic heterocycles. The Labute approximate surface area is 138 Å². The van der Waals surface area contributed by atoms with Gasteiger partial charge in [0.1, 0.15) is 0 Å². The maximum absolute atomic E-state index is 12.5. The van der Waals surface area contributed by atoms with Crippen LogP contribution >= 0.6 is 0 Å². The second-order valence-corrected chi connectivity index (χ2v) is 5.71. The first kappa shape index (κ1) is 14.6. The van der Waals surface area contributed by atoms with E-state index in [1.807, 2.05) is 40.1 Å². The van der Waals surface area contributed by atoms with Gasteiger partial charge in [-0.05, 0) is 12.1 Å². The highest BCUT2D eigenvalue weighted by atomic mass is 16.2. The standard InChI is InChI=1S/C16H16N6O2/c23-14-12-13(17-10-18-14)20-16(19-12)22-8-6-21(7-9-22)15(24)11-4-2-1-3-5-11/h1-5,10,12H,6-9H2,(H,17,18,19,20,23). The number of aliphatic imine (C=N–C) groups is 3. The summed E-state index contributed by atoms with van der Waals surface area (Å²) >= 11 is 0. The summed E-state index contributed by atoms with van der Waals surface area (Å²) in [5, 5.41) is 2.53. The van der Waals surface area contributed by atoms with Gasteiger partial charge in [-0.1, -0.05) is 18.2 Å². The summed E-state index contributed by atoms with van der Waals surface area (Å²) in [6.45, 7) is 2.45. The molecule has 1 N–H and O–H groups in total. The molecule has 4 rings (SSSR count). The zero-order chi connectivity index (χ0) is 16.5. The monoisotopic (exact) mass is 324 g/mol. The molecule has 1 aromatic carbocycles. The molecule has 1 saturated heterocycles. The largest absolute Gasteiger partial charge is 0.337 e. The Bertz CT molecular complexity index is 762. The van der Waals surface area contributed by atoms with E-state index < -0.39 is 6.04 Å². The number of benzene rings is 1. The van der Waals surface area contributed by atoms with Crippen LogP contribution in [0.1, 0.15) is 10.4 Å². The van der Waals surface area contributed by atoms with Crippen LogP contribution in [-0.2, 0) is 4.79 Å². The first-order valence-electron chi connectivity index (χ1n) is 7.81. The maximum Gasteiger partial charge on any atom is 0.257 e. The summed E-state index contributed by atoms with van der Waals surface area (Å²) in [6, 6.07) is 8.62. The first-order valence-corrected chi connectivity index (χ1v) is 7.81. The van der Waals surface area contributed by atoms with Gasteiger partial charge in [0, 0.05) is 31.7 Å². The minimum absolute atomic E-state index is 0.0348. The Kier molecular flexibility index (Phi) is 3.56. The molecular formula is C16H16N6O2. The van der Waals surface area contributed by atoms with E-state index in [0.717, 1.165) is 0 Å². The van der Waals surface area contributed by atoms with Gasteiger partial charge in [0.2, 0.25) is 5.96 Å². The second-order valence-electron chi connectivity index (χ2n) is 5.71. The highest BCUT2D eigenvalue weighted by Crippen LogP contribution is 2.15. The highest BCUT2D eigenvalue weighted by molar-refractivity contribution is 6.21. The van der Waals surface area contributed by atoms with E-state index in [-0.39, 0.29) is 11.8 Å². The van der Waals surface area contributed by atoms with Crippen molar-refractivity contribution >= 4 is 29.9 Å². The average Bonchev–Trinajstić information content (AvgIpc) is 3.08. The number of hydrogen-bond donors (Lipinski definition) is 1. The van der Waals surface area contributed by atoms with Gasteiger partial charge in [0.05, 0.1) is 6.34 Å². The van der Waals surface area contributed by atoms with Crippen LogP contribution in [0.2, 0.25) is 0 Å². The molecule has 1 aromatic rings. The van der Waals surface area contributed by atoms with Crippen molar-refractivity contribution in [1.82, 2.24) is 15.1 Å². The third-order valence-corrected chi connectivity index (χ3v) is 4.23. The van der Waals surface area contributed by atoms with Crippen molar-refractivity contribution in [2.75, 3.05) is 26.2 Å². The zero-order valence-corrected chi connectivity index (χ0v) is 12.9. The smallest absolute Gasteiger partial charge is 0.257 e. The van der Waals surface area contributed by atoms with Crippen LogP contribution in [0.4, 0.5) is 0 Å². The van der Waals surface area contributed by atoms with Crippen molar-refractivity contribution in [3.8, 4) is 0 Å². The van der Waals surface area contributed by atoms with Gasteiger partial charge in [-0.3, -0.25) is 9.59 Å². The molecule has 1 unspecified atom stereocenters. The number of carbonyl (C=O) groups is 2. The van der Waals surface area contributed by atoms with Crippen LogP contribution in [0, 0.1) is 0 Å². The van der Waals surface area contributed by atoms with Crippen LogP contribution in [0.25, 0.3) is 0 Å². The van der Waals surface area contributed by atoms with Gasteiger partial charge in [-0.15, -0.1) is 0 Å². The molecule has 2 amide bonds. The number of rotatable bonds is 1. The molecule has 8 nitrogen and oxygen atoms in total. The topological polar surface area (TPSA) is 89.7 Å². The minimum atomic E-state index is -0.644. The lowest BCUT2D eigenvalue weighted by Gasteiger charge is -2.34. The number of amides is 2. The van der Waals surface area contributed by atoms with Crippen LogP contribution < -0.4 is 5.32 Å². The average molecular weight is 324 g/mol.